The first-order chi connectivity index (χ1) is 13.8. The summed E-state index contributed by atoms with van der Waals surface area (Å²) in [4.78, 5) is 12.8. The number of aryl methyl sites for hydroxylation is 2. The molecule has 29 heavy (non-hydrogen) atoms. The zero-order chi connectivity index (χ0) is 21.0. The van der Waals surface area contributed by atoms with Gasteiger partial charge in [-0.05, 0) is 88.0 Å². The Balaban J connectivity index is 1.74. The van der Waals surface area contributed by atoms with E-state index in [4.69, 9.17) is 0 Å². The Morgan fingerprint density at radius 3 is 2.41 bits per heavy atom. The van der Waals surface area contributed by atoms with Gasteiger partial charge in [0.15, 0.2) is 0 Å². The van der Waals surface area contributed by atoms with Crippen molar-refractivity contribution in [2.24, 2.45) is 5.92 Å². The Labute approximate surface area is 173 Å². The highest BCUT2D eigenvalue weighted by Gasteiger charge is 2.25. The summed E-state index contributed by atoms with van der Waals surface area (Å²) in [6.07, 6.45) is 1.92. The Morgan fingerprint density at radius 2 is 1.76 bits per heavy atom. The second-order valence-electron chi connectivity index (χ2n) is 7.74. The van der Waals surface area contributed by atoms with Crippen LogP contribution in [0.15, 0.2) is 47.4 Å². The number of hydrogen-bond acceptors (Lipinski definition) is 4. The lowest BCUT2D eigenvalue weighted by Gasteiger charge is -2.28. The molecule has 1 fully saturated rings. The SMILES string of the molecule is Cc1ccccc1NC(=O)c1ccc(S(=O)(=O)N[C@H](C)C2CCNCC2)cc1C. The smallest absolute Gasteiger partial charge is 0.255 e. The van der Waals surface area contributed by atoms with Gasteiger partial charge in [-0.15, -0.1) is 0 Å². The molecule has 1 amide bonds. The van der Waals surface area contributed by atoms with Gasteiger partial charge in [0.2, 0.25) is 10.0 Å². The summed E-state index contributed by atoms with van der Waals surface area (Å²) in [5.74, 6) is 0.0723. The third kappa shape index (κ3) is 5.23. The first-order valence-electron chi connectivity index (χ1n) is 9.98. The Morgan fingerprint density at radius 1 is 1.07 bits per heavy atom. The van der Waals surface area contributed by atoms with Crippen LogP contribution in [-0.2, 0) is 10.0 Å². The van der Waals surface area contributed by atoms with Gasteiger partial charge in [-0.25, -0.2) is 13.1 Å². The van der Waals surface area contributed by atoms with E-state index in [2.05, 4.69) is 15.4 Å². The molecule has 1 saturated heterocycles. The lowest BCUT2D eigenvalue weighted by atomic mass is 9.92. The fourth-order valence-corrected chi connectivity index (χ4v) is 5.11. The minimum Gasteiger partial charge on any atom is -0.322 e. The quantitative estimate of drug-likeness (QED) is 0.676. The molecule has 6 nitrogen and oxygen atoms in total. The third-order valence-corrected chi connectivity index (χ3v) is 7.13. The van der Waals surface area contributed by atoms with E-state index in [1.54, 1.807) is 19.1 Å². The van der Waals surface area contributed by atoms with Crippen LogP contribution in [0.5, 0.6) is 0 Å². The van der Waals surface area contributed by atoms with Crippen molar-refractivity contribution in [2.45, 2.75) is 44.6 Å². The number of para-hydroxylation sites is 1. The third-order valence-electron chi connectivity index (χ3n) is 5.58. The van der Waals surface area contributed by atoms with Crippen LogP contribution in [0, 0.1) is 19.8 Å². The summed E-state index contributed by atoms with van der Waals surface area (Å²) in [6.45, 7) is 7.43. The van der Waals surface area contributed by atoms with E-state index in [9.17, 15) is 13.2 Å². The number of rotatable bonds is 6. The number of nitrogens with one attached hydrogen (secondary N) is 3. The van der Waals surface area contributed by atoms with Crippen LogP contribution in [0.2, 0.25) is 0 Å². The number of amides is 1. The van der Waals surface area contributed by atoms with Crippen molar-refractivity contribution in [3.05, 3.63) is 59.2 Å². The minimum atomic E-state index is -3.64. The van der Waals surface area contributed by atoms with E-state index >= 15 is 0 Å². The van der Waals surface area contributed by atoms with Crippen molar-refractivity contribution in [1.82, 2.24) is 10.0 Å². The summed E-state index contributed by atoms with van der Waals surface area (Å²) in [7, 11) is -3.64. The van der Waals surface area contributed by atoms with Crippen LogP contribution in [0.25, 0.3) is 0 Å². The fraction of sp³-hybridized carbons (Fsp3) is 0.409. The van der Waals surface area contributed by atoms with Crippen LogP contribution in [0.1, 0.15) is 41.3 Å². The number of piperidine rings is 1. The lowest BCUT2D eigenvalue weighted by Crippen LogP contribution is -2.42. The van der Waals surface area contributed by atoms with E-state index in [0.717, 1.165) is 37.2 Å². The van der Waals surface area contributed by atoms with Gasteiger partial charge in [0.25, 0.3) is 5.91 Å². The predicted molar refractivity (Wildman–Crippen MR) is 116 cm³/mol. The highest BCUT2D eigenvalue weighted by atomic mass is 32.2. The number of benzene rings is 2. The Kier molecular flexibility index (Phi) is 6.72. The monoisotopic (exact) mass is 415 g/mol. The fourth-order valence-electron chi connectivity index (χ4n) is 3.71. The molecule has 3 N–H and O–H groups in total. The summed E-state index contributed by atoms with van der Waals surface area (Å²) in [6, 6.07) is 12.0. The molecule has 1 atom stereocenters. The number of carbonyl (C=O) groups is 1. The Hall–Kier alpha value is -2.22. The molecule has 3 rings (SSSR count). The maximum absolute atomic E-state index is 12.8. The van der Waals surface area contributed by atoms with Crippen molar-refractivity contribution in [2.75, 3.05) is 18.4 Å². The van der Waals surface area contributed by atoms with E-state index < -0.39 is 10.0 Å². The van der Waals surface area contributed by atoms with Gasteiger partial charge in [0.1, 0.15) is 0 Å². The number of carbonyl (C=O) groups excluding carboxylic acids is 1. The van der Waals surface area contributed by atoms with Gasteiger partial charge >= 0.3 is 0 Å². The maximum atomic E-state index is 12.8. The standard InChI is InChI=1S/C22H29N3O3S/c1-15-6-4-5-7-21(15)24-22(26)20-9-8-19(14-16(20)2)29(27,28)25-17(3)18-10-12-23-13-11-18/h4-9,14,17-18,23,25H,10-13H2,1-3H3,(H,24,26)/t17-/m1/s1. The van der Waals surface area contributed by atoms with Crippen LogP contribution in [-0.4, -0.2) is 33.5 Å². The molecule has 0 spiro atoms. The molecule has 0 unspecified atom stereocenters. The summed E-state index contributed by atoms with van der Waals surface area (Å²) < 4.78 is 28.5. The molecule has 0 bridgehead atoms. The number of sulfonamides is 1. The molecular weight excluding hydrogens is 386 g/mol. The molecule has 0 aromatic heterocycles. The Bertz CT molecular complexity index is 983. The molecule has 0 aliphatic carbocycles. The highest BCUT2D eigenvalue weighted by molar-refractivity contribution is 7.89. The van der Waals surface area contributed by atoms with Crippen molar-refractivity contribution in [3.8, 4) is 0 Å². The number of anilines is 1. The molecular formula is C22H29N3O3S. The first-order valence-corrected chi connectivity index (χ1v) is 11.5. The zero-order valence-corrected chi connectivity index (χ0v) is 18.0. The highest BCUT2D eigenvalue weighted by Crippen LogP contribution is 2.21. The molecule has 1 heterocycles. The summed E-state index contributed by atoms with van der Waals surface area (Å²) in [5.41, 5.74) is 2.78. The van der Waals surface area contributed by atoms with Gasteiger partial charge in [-0.1, -0.05) is 18.2 Å². The molecule has 156 valence electrons. The molecule has 2 aromatic rings. The average molecular weight is 416 g/mol. The van der Waals surface area contributed by atoms with E-state index in [-0.39, 0.29) is 16.8 Å². The predicted octanol–water partition coefficient (Wildman–Crippen LogP) is 3.22. The molecule has 0 radical (unpaired) electrons. The van der Waals surface area contributed by atoms with Crippen molar-refractivity contribution >= 4 is 21.6 Å². The van der Waals surface area contributed by atoms with E-state index in [1.165, 1.54) is 6.07 Å². The molecule has 0 saturated carbocycles. The first kappa shape index (κ1) is 21.5. The molecule has 1 aliphatic rings. The summed E-state index contributed by atoms with van der Waals surface area (Å²) in [5, 5.41) is 6.18. The lowest BCUT2D eigenvalue weighted by molar-refractivity contribution is 0.102. The van der Waals surface area contributed by atoms with Crippen LogP contribution >= 0.6 is 0 Å². The number of hydrogen-bond donors (Lipinski definition) is 3. The zero-order valence-electron chi connectivity index (χ0n) is 17.2. The van der Waals surface area contributed by atoms with Crippen molar-refractivity contribution in [1.29, 1.82) is 0 Å². The van der Waals surface area contributed by atoms with Gasteiger partial charge in [-0.3, -0.25) is 4.79 Å². The van der Waals surface area contributed by atoms with Crippen LogP contribution < -0.4 is 15.4 Å². The van der Waals surface area contributed by atoms with Gasteiger partial charge in [-0.2, -0.15) is 0 Å². The largest absolute Gasteiger partial charge is 0.322 e. The normalized spacial score (nSPS) is 16.4. The van der Waals surface area contributed by atoms with Crippen LogP contribution in [0.4, 0.5) is 5.69 Å². The molecule has 7 heteroatoms. The van der Waals surface area contributed by atoms with Gasteiger partial charge < -0.3 is 10.6 Å². The minimum absolute atomic E-state index is 0.133. The average Bonchev–Trinajstić information content (AvgIpc) is 2.70. The van der Waals surface area contributed by atoms with Gasteiger partial charge in [0.05, 0.1) is 4.90 Å². The van der Waals surface area contributed by atoms with Crippen molar-refractivity contribution < 1.29 is 13.2 Å². The van der Waals surface area contributed by atoms with Crippen LogP contribution in [0.3, 0.4) is 0 Å². The topological polar surface area (TPSA) is 87.3 Å². The van der Waals surface area contributed by atoms with E-state index in [0.29, 0.717) is 17.0 Å². The molecule has 2 aromatic carbocycles. The maximum Gasteiger partial charge on any atom is 0.255 e. The van der Waals surface area contributed by atoms with Gasteiger partial charge in [0, 0.05) is 17.3 Å². The van der Waals surface area contributed by atoms with Crippen molar-refractivity contribution in [3.63, 3.8) is 0 Å². The molecule has 1 aliphatic heterocycles. The second kappa shape index (κ2) is 9.07. The second-order valence-corrected chi connectivity index (χ2v) is 9.46. The summed E-state index contributed by atoms with van der Waals surface area (Å²) >= 11 is 0. The van der Waals surface area contributed by atoms with E-state index in [1.807, 2.05) is 38.1 Å².